The van der Waals surface area contributed by atoms with Gasteiger partial charge in [-0.2, -0.15) is 0 Å². The van der Waals surface area contributed by atoms with Crippen LogP contribution < -0.4 is 9.47 Å². The Morgan fingerprint density at radius 3 is 2.81 bits per heavy atom. The van der Waals surface area contributed by atoms with Gasteiger partial charge in [0, 0.05) is 18.3 Å². The Morgan fingerprint density at radius 1 is 1.27 bits per heavy atom. The monoisotopic (exact) mass is 358 g/mol. The van der Waals surface area contributed by atoms with Gasteiger partial charge in [0.1, 0.15) is 0 Å². The van der Waals surface area contributed by atoms with Gasteiger partial charge in [-0.05, 0) is 36.5 Å². The van der Waals surface area contributed by atoms with Crippen molar-refractivity contribution < 1.29 is 23.7 Å². The van der Waals surface area contributed by atoms with Crippen molar-refractivity contribution in [3.8, 4) is 11.5 Å². The lowest BCUT2D eigenvalue weighted by Crippen LogP contribution is -2.54. The van der Waals surface area contributed by atoms with Crippen LogP contribution in [0.1, 0.15) is 39.4 Å². The van der Waals surface area contributed by atoms with Crippen molar-refractivity contribution in [1.82, 2.24) is 0 Å². The molecule has 5 nitrogen and oxygen atoms in total. The quantitative estimate of drug-likeness (QED) is 0.606. The summed E-state index contributed by atoms with van der Waals surface area (Å²) >= 11 is 0. The molecule has 1 aliphatic carbocycles. The van der Waals surface area contributed by atoms with Gasteiger partial charge in [0.2, 0.25) is 6.79 Å². The van der Waals surface area contributed by atoms with Crippen LogP contribution in [-0.2, 0) is 14.3 Å². The summed E-state index contributed by atoms with van der Waals surface area (Å²) in [6.07, 6.45) is 2.30. The molecule has 2 aliphatic heterocycles. The molecule has 5 heteroatoms. The van der Waals surface area contributed by atoms with E-state index in [2.05, 4.69) is 32.9 Å². The van der Waals surface area contributed by atoms with Crippen LogP contribution in [0.15, 0.2) is 29.8 Å². The van der Waals surface area contributed by atoms with Crippen LogP contribution in [0.5, 0.6) is 11.5 Å². The summed E-state index contributed by atoms with van der Waals surface area (Å²) in [6, 6.07) is 6.05. The van der Waals surface area contributed by atoms with Crippen LogP contribution in [-0.4, -0.2) is 26.0 Å². The fraction of sp³-hybridized carbons (Fsp3) is 0.571. The number of ether oxygens (including phenoxy) is 4. The highest BCUT2D eigenvalue weighted by molar-refractivity contribution is 5.66. The minimum atomic E-state index is -0.237. The van der Waals surface area contributed by atoms with Crippen molar-refractivity contribution in [2.75, 3.05) is 20.0 Å². The molecule has 3 aliphatic rings. The number of rotatable bonds is 3. The predicted molar refractivity (Wildman–Crippen MR) is 95.9 cm³/mol. The minimum Gasteiger partial charge on any atom is -0.465 e. The Labute approximate surface area is 154 Å². The van der Waals surface area contributed by atoms with Crippen molar-refractivity contribution >= 4 is 5.97 Å². The number of allylic oxidation sites excluding steroid dienone is 1. The molecule has 1 aromatic carbocycles. The van der Waals surface area contributed by atoms with E-state index in [-0.39, 0.29) is 30.2 Å². The molecule has 2 heterocycles. The van der Waals surface area contributed by atoms with Gasteiger partial charge in [-0.15, -0.1) is 0 Å². The lowest BCUT2D eigenvalue weighted by Gasteiger charge is -2.55. The molecule has 26 heavy (non-hydrogen) atoms. The molecule has 0 amide bonds. The van der Waals surface area contributed by atoms with E-state index >= 15 is 0 Å². The Bertz CT molecular complexity index is 755. The van der Waals surface area contributed by atoms with E-state index in [9.17, 15) is 4.79 Å². The van der Waals surface area contributed by atoms with E-state index in [0.717, 1.165) is 17.1 Å². The Hall–Kier alpha value is -2.01. The van der Waals surface area contributed by atoms with Crippen molar-refractivity contribution in [3.63, 3.8) is 0 Å². The van der Waals surface area contributed by atoms with E-state index in [1.54, 1.807) is 0 Å². The first-order chi connectivity index (χ1) is 12.4. The molecule has 0 saturated carbocycles. The number of carbonyl (C=O) groups excluding carboxylic acids is 1. The van der Waals surface area contributed by atoms with Crippen LogP contribution in [0.2, 0.25) is 0 Å². The lowest BCUT2D eigenvalue weighted by atomic mass is 9.56. The summed E-state index contributed by atoms with van der Waals surface area (Å²) in [6.45, 7) is 9.36. The van der Waals surface area contributed by atoms with E-state index < -0.39 is 0 Å². The third kappa shape index (κ3) is 2.60. The lowest BCUT2D eigenvalue weighted by molar-refractivity contribution is -0.180. The fourth-order valence-electron chi connectivity index (χ4n) is 4.88. The molecule has 4 rings (SSSR count). The smallest absolute Gasteiger partial charge is 0.302 e. The maximum absolute atomic E-state index is 11.4. The predicted octanol–water partition coefficient (Wildman–Crippen LogP) is 3.88. The zero-order chi connectivity index (χ0) is 18.5. The first-order valence-electron chi connectivity index (χ1n) is 9.25. The average molecular weight is 358 g/mol. The number of hydrogen-bond acceptors (Lipinski definition) is 5. The number of benzene rings is 1. The molecule has 0 aromatic heterocycles. The van der Waals surface area contributed by atoms with Crippen LogP contribution in [0.25, 0.3) is 0 Å². The average Bonchev–Trinajstić information content (AvgIpc) is 3.06. The van der Waals surface area contributed by atoms with Crippen LogP contribution in [0, 0.1) is 23.2 Å². The topological polar surface area (TPSA) is 54.0 Å². The molecule has 0 radical (unpaired) electrons. The van der Waals surface area contributed by atoms with E-state index in [4.69, 9.17) is 18.9 Å². The first kappa shape index (κ1) is 17.4. The van der Waals surface area contributed by atoms with Gasteiger partial charge in [-0.25, -0.2) is 0 Å². The van der Waals surface area contributed by atoms with Gasteiger partial charge in [-0.3, -0.25) is 4.79 Å². The number of fused-ring (bicyclic) bond motifs is 3. The largest absolute Gasteiger partial charge is 0.465 e. The highest BCUT2D eigenvalue weighted by Crippen LogP contribution is 2.56. The third-order valence-corrected chi connectivity index (χ3v) is 6.52. The van der Waals surface area contributed by atoms with Crippen molar-refractivity contribution in [2.45, 2.75) is 33.8 Å². The van der Waals surface area contributed by atoms with Gasteiger partial charge >= 0.3 is 5.97 Å². The third-order valence-electron chi connectivity index (χ3n) is 6.52. The van der Waals surface area contributed by atoms with E-state index in [0.29, 0.717) is 25.0 Å². The van der Waals surface area contributed by atoms with Crippen LogP contribution in [0.3, 0.4) is 0 Å². The first-order valence-corrected chi connectivity index (χ1v) is 9.25. The normalized spacial score (nSPS) is 35.0. The second-order valence-corrected chi connectivity index (χ2v) is 7.87. The summed E-state index contributed by atoms with van der Waals surface area (Å²) in [5.74, 6) is 2.21. The highest BCUT2D eigenvalue weighted by Gasteiger charge is 2.54. The van der Waals surface area contributed by atoms with Crippen molar-refractivity contribution in [3.05, 3.63) is 35.4 Å². The summed E-state index contributed by atoms with van der Waals surface area (Å²) in [5.41, 5.74) is 2.27. The maximum atomic E-state index is 11.4. The van der Waals surface area contributed by atoms with E-state index in [1.165, 1.54) is 12.5 Å². The molecule has 2 bridgehead atoms. The molecule has 0 unspecified atom stereocenters. The molecular formula is C21H26O5. The van der Waals surface area contributed by atoms with Crippen LogP contribution >= 0.6 is 0 Å². The minimum absolute atomic E-state index is 0.0336. The van der Waals surface area contributed by atoms with Gasteiger partial charge in [0.15, 0.2) is 11.5 Å². The van der Waals surface area contributed by atoms with Gasteiger partial charge in [0.25, 0.3) is 0 Å². The highest BCUT2D eigenvalue weighted by atomic mass is 16.7. The molecule has 1 fully saturated rings. The summed E-state index contributed by atoms with van der Waals surface area (Å²) < 4.78 is 22.8. The molecule has 0 spiro atoms. The fourth-order valence-corrected chi connectivity index (χ4v) is 4.88. The SMILES string of the molecule is CC(=O)OC[C@]12CO[C@H](c3ccc4c(c3)OCO4)[C@H](C(C)=C[C@@H]1C)[C@@H]2C. The summed E-state index contributed by atoms with van der Waals surface area (Å²) in [5, 5.41) is 0. The maximum Gasteiger partial charge on any atom is 0.302 e. The molecule has 140 valence electrons. The van der Waals surface area contributed by atoms with Crippen molar-refractivity contribution in [1.29, 1.82) is 0 Å². The Kier molecular flexibility index (Phi) is 4.22. The molecular weight excluding hydrogens is 332 g/mol. The van der Waals surface area contributed by atoms with Gasteiger partial charge < -0.3 is 18.9 Å². The summed E-state index contributed by atoms with van der Waals surface area (Å²) in [7, 11) is 0. The van der Waals surface area contributed by atoms with E-state index in [1.807, 2.05) is 12.1 Å². The van der Waals surface area contributed by atoms with Gasteiger partial charge in [-0.1, -0.05) is 31.6 Å². The zero-order valence-electron chi connectivity index (χ0n) is 15.8. The van der Waals surface area contributed by atoms with Gasteiger partial charge in [0.05, 0.1) is 19.3 Å². The molecule has 0 N–H and O–H groups in total. The standard InChI is InChI=1S/C21H26O5/c1-12-7-13(2)21(9-23-15(4)22)10-24-20(19(12)14(21)3)16-5-6-17-18(8-16)26-11-25-17/h5-8,13-14,19-20H,9-11H2,1-4H3/t13-,14-,19+,20+,21-/m0/s1. The number of hydrogen-bond donors (Lipinski definition) is 0. The summed E-state index contributed by atoms with van der Waals surface area (Å²) in [4.78, 5) is 11.4. The molecule has 5 atom stereocenters. The zero-order valence-corrected chi connectivity index (χ0v) is 15.8. The molecule has 1 saturated heterocycles. The second kappa shape index (κ2) is 6.31. The number of carbonyl (C=O) groups is 1. The second-order valence-electron chi connectivity index (χ2n) is 7.87. The molecule has 1 aromatic rings. The number of esters is 1. The van der Waals surface area contributed by atoms with Crippen LogP contribution in [0.4, 0.5) is 0 Å². The Morgan fingerprint density at radius 2 is 2.04 bits per heavy atom. The van der Waals surface area contributed by atoms with Crippen molar-refractivity contribution in [2.24, 2.45) is 23.2 Å². The Balaban J connectivity index is 1.67.